The number of halogens is 6. The van der Waals surface area contributed by atoms with Gasteiger partial charge in [-0.15, -0.1) is 0 Å². The van der Waals surface area contributed by atoms with E-state index in [1.54, 1.807) is 0 Å². The van der Waals surface area contributed by atoms with E-state index < -0.39 is 59.0 Å². The molecule has 3 atom stereocenters. The smallest absolute Gasteiger partial charge is 0.418 e. The molecular weight excluding hydrogens is 388 g/mol. The Balaban J connectivity index is 2.78. The molecule has 1 aromatic carbocycles. The average Bonchev–Trinajstić information content (AvgIpc) is 2.48. The van der Waals surface area contributed by atoms with E-state index in [1.165, 1.54) is 19.9 Å². The number of hydrogen-bond acceptors (Lipinski definition) is 2. The summed E-state index contributed by atoms with van der Waals surface area (Å²) in [5, 5.41) is 8.87. The molecule has 0 radical (unpaired) electrons. The lowest BCUT2D eigenvalue weighted by atomic mass is 9.70. The van der Waals surface area contributed by atoms with Gasteiger partial charge in [-0.1, -0.05) is 0 Å². The van der Waals surface area contributed by atoms with E-state index in [-0.39, 0.29) is 16.7 Å². The van der Waals surface area contributed by atoms with Gasteiger partial charge in [0, 0.05) is 6.04 Å². The van der Waals surface area contributed by atoms with Crippen molar-refractivity contribution in [3.8, 4) is 0 Å². The molecule has 0 heterocycles. The third-order valence-corrected chi connectivity index (χ3v) is 4.87. The maximum atomic E-state index is 15.7. The molecule has 9 heteroatoms. The van der Waals surface area contributed by atoms with Gasteiger partial charge >= 0.3 is 12.1 Å². The first-order valence-corrected chi connectivity index (χ1v) is 8.30. The lowest BCUT2D eigenvalue weighted by molar-refractivity contribution is -0.137. The van der Waals surface area contributed by atoms with Crippen LogP contribution in [0.1, 0.15) is 30.0 Å². The molecule has 0 saturated heterocycles. The number of aryl methyl sites for hydroxylation is 2. The van der Waals surface area contributed by atoms with E-state index >= 15 is 4.39 Å². The Morgan fingerprint density at radius 2 is 1.82 bits per heavy atom. The SMILES string of the molecule is Cc1cc(C2=CC(C(F)(F)F)=C(F)C(C(N)CC(=O)O)C2(C)F)c(C)cc1F. The minimum atomic E-state index is -5.16. The molecule has 0 spiro atoms. The zero-order valence-corrected chi connectivity index (χ0v) is 15.3. The fourth-order valence-corrected chi connectivity index (χ4v) is 3.47. The van der Waals surface area contributed by atoms with Gasteiger partial charge in [-0.2, -0.15) is 13.2 Å². The van der Waals surface area contributed by atoms with Gasteiger partial charge in [-0.3, -0.25) is 4.79 Å². The van der Waals surface area contributed by atoms with Gasteiger partial charge in [-0.05, 0) is 61.2 Å². The number of rotatable bonds is 4. The van der Waals surface area contributed by atoms with Gasteiger partial charge in [0.1, 0.15) is 17.3 Å². The van der Waals surface area contributed by atoms with E-state index in [9.17, 15) is 26.7 Å². The molecular formula is C19H19F6NO2. The second-order valence-corrected chi connectivity index (χ2v) is 7.05. The molecule has 1 aromatic rings. The molecule has 3 N–H and O–H groups in total. The number of hydrogen-bond donors (Lipinski definition) is 2. The maximum absolute atomic E-state index is 15.7. The van der Waals surface area contributed by atoms with Crippen LogP contribution in [0.4, 0.5) is 26.3 Å². The zero-order chi connectivity index (χ0) is 21.6. The Hall–Kier alpha value is -2.29. The highest BCUT2D eigenvalue weighted by Crippen LogP contribution is 2.51. The summed E-state index contributed by atoms with van der Waals surface area (Å²) in [6.07, 6.45) is -5.74. The standard InChI is InChI=1S/C19H19F6NO2/c1-8-5-13(20)9(2)4-10(8)11-6-12(19(23,24)25)17(21)16(18(11,3)22)14(26)7-15(27)28/h4-6,14,16H,7,26H2,1-3H3,(H,27,28). The van der Waals surface area contributed by atoms with E-state index in [1.807, 2.05) is 0 Å². The Labute approximate surface area is 157 Å². The summed E-state index contributed by atoms with van der Waals surface area (Å²) >= 11 is 0. The molecule has 1 aliphatic carbocycles. The van der Waals surface area contributed by atoms with Gasteiger partial charge in [-0.25, -0.2) is 13.2 Å². The highest BCUT2D eigenvalue weighted by molar-refractivity contribution is 5.80. The quantitative estimate of drug-likeness (QED) is 0.707. The predicted molar refractivity (Wildman–Crippen MR) is 91.3 cm³/mol. The summed E-state index contributed by atoms with van der Waals surface area (Å²) < 4.78 is 84.3. The molecule has 0 fully saturated rings. The highest BCUT2D eigenvalue weighted by atomic mass is 19.4. The number of carbonyl (C=O) groups is 1. The Bertz CT molecular complexity index is 870. The van der Waals surface area contributed by atoms with E-state index in [0.717, 1.165) is 13.0 Å². The number of nitrogens with two attached hydrogens (primary N) is 1. The summed E-state index contributed by atoms with van der Waals surface area (Å²) in [7, 11) is 0. The van der Waals surface area contributed by atoms with Crippen molar-refractivity contribution in [2.45, 2.75) is 45.1 Å². The van der Waals surface area contributed by atoms with Gasteiger partial charge in [0.2, 0.25) is 0 Å². The number of carboxylic acid groups (broad SMARTS) is 1. The van der Waals surface area contributed by atoms with E-state index in [2.05, 4.69) is 0 Å². The first-order valence-electron chi connectivity index (χ1n) is 8.30. The van der Waals surface area contributed by atoms with E-state index in [4.69, 9.17) is 10.8 Å². The van der Waals surface area contributed by atoms with Crippen molar-refractivity contribution in [2.24, 2.45) is 11.7 Å². The lowest BCUT2D eigenvalue weighted by Gasteiger charge is -2.39. The molecule has 154 valence electrons. The fourth-order valence-electron chi connectivity index (χ4n) is 3.47. The van der Waals surface area contributed by atoms with Crippen molar-refractivity contribution >= 4 is 11.5 Å². The van der Waals surface area contributed by atoms with Crippen LogP contribution in [0.15, 0.2) is 29.6 Å². The van der Waals surface area contributed by atoms with Crippen molar-refractivity contribution in [3.05, 3.63) is 52.1 Å². The van der Waals surface area contributed by atoms with Crippen LogP contribution >= 0.6 is 0 Å². The number of benzene rings is 1. The Kier molecular flexibility index (Phi) is 5.71. The van der Waals surface area contributed by atoms with Crippen molar-refractivity contribution in [1.82, 2.24) is 0 Å². The first kappa shape index (κ1) is 22.0. The topological polar surface area (TPSA) is 63.3 Å². The average molecular weight is 407 g/mol. The molecule has 28 heavy (non-hydrogen) atoms. The van der Waals surface area contributed by atoms with Gasteiger partial charge in [0.15, 0.2) is 0 Å². The Morgan fingerprint density at radius 1 is 1.25 bits per heavy atom. The third kappa shape index (κ3) is 3.94. The number of aliphatic carboxylic acids is 1. The van der Waals surface area contributed by atoms with Gasteiger partial charge < -0.3 is 10.8 Å². The molecule has 3 unspecified atom stereocenters. The number of allylic oxidation sites excluding steroid dienone is 3. The van der Waals surface area contributed by atoms with Crippen LogP contribution in [0.25, 0.3) is 5.57 Å². The van der Waals surface area contributed by atoms with Gasteiger partial charge in [0.05, 0.1) is 17.9 Å². The predicted octanol–water partition coefficient (Wildman–Crippen LogP) is 4.77. The summed E-state index contributed by atoms with van der Waals surface area (Å²) in [5.74, 6) is -6.17. The molecule has 2 rings (SSSR count). The normalized spacial score (nSPS) is 24.2. The number of alkyl halides is 4. The minimum absolute atomic E-state index is 0.0364. The first-order chi connectivity index (χ1) is 12.7. The summed E-state index contributed by atoms with van der Waals surface area (Å²) in [4.78, 5) is 10.9. The largest absolute Gasteiger partial charge is 0.481 e. The van der Waals surface area contributed by atoms with Crippen LogP contribution in [0.2, 0.25) is 0 Å². The van der Waals surface area contributed by atoms with Crippen LogP contribution < -0.4 is 5.73 Å². The fraction of sp³-hybridized carbons (Fsp3) is 0.421. The van der Waals surface area contributed by atoms with Crippen molar-refractivity contribution < 1.29 is 36.2 Å². The molecule has 0 bridgehead atoms. The molecule has 0 amide bonds. The second kappa shape index (κ2) is 7.27. The molecule has 0 aromatic heterocycles. The molecule has 3 nitrogen and oxygen atoms in total. The molecule has 1 aliphatic rings. The summed E-state index contributed by atoms with van der Waals surface area (Å²) in [6, 6.07) is 0.455. The third-order valence-electron chi connectivity index (χ3n) is 4.87. The van der Waals surface area contributed by atoms with E-state index in [0.29, 0.717) is 6.08 Å². The number of carboxylic acids is 1. The van der Waals surface area contributed by atoms with Crippen LogP contribution in [0.5, 0.6) is 0 Å². The molecule has 0 saturated carbocycles. The van der Waals surface area contributed by atoms with Crippen LogP contribution in [0, 0.1) is 25.6 Å². The monoisotopic (exact) mass is 407 g/mol. The Morgan fingerprint density at radius 3 is 2.32 bits per heavy atom. The minimum Gasteiger partial charge on any atom is -0.481 e. The summed E-state index contributed by atoms with van der Waals surface area (Å²) in [6.45, 7) is 3.57. The second-order valence-electron chi connectivity index (χ2n) is 7.05. The van der Waals surface area contributed by atoms with Crippen LogP contribution in [-0.4, -0.2) is 29.0 Å². The lowest BCUT2D eigenvalue weighted by Crippen LogP contribution is -2.47. The van der Waals surface area contributed by atoms with Crippen LogP contribution in [-0.2, 0) is 4.79 Å². The van der Waals surface area contributed by atoms with Crippen molar-refractivity contribution in [2.75, 3.05) is 0 Å². The van der Waals surface area contributed by atoms with Crippen LogP contribution in [0.3, 0.4) is 0 Å². The maximum Gasteiger partial charge on any atom is 0.418 e. The highest BCUT2D eigenvalue weighted by Gasteiger charge is 2.52. The zero-order valence-electron chi connectivity index (χ0n) is 15.3. The van der Waals surface area contributed by atoms with Gasteiger partial charge in [0.25, 0.3) is 0 Å². The molecule has 0 aliphatic heterocycles. The van der Waals surface area contributed by atoms with Crippen molar-refractivity contribution in [3.63, 3.8) is 0 Å². The van der Waals surface area contributed by atoms with Crippen molar-refractivity contribution in [1.29, 1.82) is 0 Å². The summed E-state index contributed by atoms with van der Waals surface area (Å²) in [5.41, 5.74) is 0.748.